The predicted molar refractivity (Wildman–Crippen MR) is 83.8 cm³/mol. The van der Waals surface area contributed by atoms with Gasteiger partial charge in [-0.25, -0.2) is 13.1 Å². The molecule has 0 bridgehead atoms. The fraction of sp³-hybridized carbons (Fsp3) is 0.571. The third-order valence-corrected chi connectivity index (χ3v) is 6.21. The Morgan fingerprint density at radius 3 is 2.86 bits per heavy atom. The zero-order valence-corrected chi connectivity index (χ0v) is 13.3. The van der Waals surface area contributed by atoms with E-state index in [1.807, 2.05) is 0 Å². The first-order chi connectivity index (χ1) is 9.97. The van der Waals surface area contributed by atoms with Crippen LogP contribution in [0.1, 0.15) is 25.7 Å². The van der Waals surface area contributed by atoms with Crippen LogP contribution in [-0.4, -0.2) is 38.5 Å². The van der Waals surface area contributed by atoms with Crippen molar-refractivity contribution < 1.29 is 8.42 Å². The molecule has 2 atom stereocenters. The number of halogens is 1. The van der Waals surface area contributed by atoms with Crippen molar-refractivity contribution in [2.75, 3.05) is 18.8 Å². The second-order valence-electron chi connectivity index (χ2n) is 5.80. The number of hydrogen-bond acceptors (Lipinski definition) is 4. The van der Waals surface area contributed by atoms with E-state index in [1.165, 1.54) is 25.0 Å². The first-order valence-corrected chi connectivity index (χ1v) is 9.15. The highest BCUT2D eigenvalue weighted by atomic mass is 35.5. The number of nitrogens with two attached hydrogens (primary N) is 1. The first kappa shape index (κ1) is 15.1. The topological polar surface area (TPSA) is 75.4 Å². The van der Waals surface area contributed by atoms with Gasteiger partial charge in [0.05, 0.1) is 5.69 Å². The van der Waals surface area contributed by atoms with Crippen LogP contribution in [0.4, 0.5) is 5.69 Å². The second-order valence-corrected chi connectivity index (χ2v) is 7.92. The lowest BCUT2D eigenvalue weighted by Crippen LogP contribution is -2.46. The molecular weight excluding hydrogens is 310 g/mol. The third kappa shape index (κ3) is 3.04. The average Bonchev–Trinajstić information content (AvgIpc) is 2.84. The molecule has 2 aliphatic rings. The molecule has 2 unspecified atom stereocenters. The van der Waals surface area contributed by atoms with Crippen molar-refractivity contribution in [3.63, 3.8) is 0 Å². The van der Waals surface area contributed by atoms with E-state index in [9.17, 15) is 8.42 Å². The molecule has 0 aromatic heterocycles. The monoisotopic (exact) mass is 329 g/mol. The summed E-state index contributed by atoms with van der Waals surface area (Å²) >= 11 is 5.89. The molecule has 7 heteroatoms. The van der Waals surface area contributed by atoms with Crippen LogP contribution in [-0.2, 0) is 10.0 Å². The maximum atomic E-state index is 12.6. The number of nitrogens with one attached hydrogen (secondary N) is 1. The van der Waals surface area contributed by atoms with Gasteiger partial charge in [-0.3, -0.25) is 4.90 Å². The molecular formula is C14H20ClN3O2S. The van der Waals surface area contributed by atoms with Gasteiger partial charge in [0.25, 0.3) is 0 Å². The van der Waals surface area contributed by atoms with Gasteiger partial charge < -0.3 is 5.73 Å². The van der Waals surface area contributed by atoms with E-state index in [0.717, 1.165) is 25.9 Å². The maximum absolute atomic E-state index is 12.6. The molecule has 5 nitrogen and oxygen atoms in total. The Balaban J connectivity index is 1.81. The van der Waals surface area contributed by atoms with Gasteiger partial charge in [-0.15, -0.1) is 0 Å². The van der Waals surface area contributed by atoms with Crippen LogP contribution in [0.25, 0.3) is 0 Å². The van der Waals surface area contributed by atoms with Gasteiger partial charge in [-0.1, -0.05) is 18.0 Å². The van der Waals surface area contributed by atoms with Gasteiger partial charge in [-0.05, 0) is 44.0 Å². The fourth-order valence-electron chi connectivity index (χ4n) is 3.39. The summed E-state index contributed by atoms with van der Waals surface area (Å²) in [4.78, 5) is 2.46. The Kier molecular flexibility index (Phi) is 4.14. The lowest BCUT2D eigenvalue weighted by atomic mass is 10.00. The van der Waals surface area contributed by atoms with Crippen molar-refractivity contribution in [2.45, 2.75) is 42.7 Å². The quantitative estimate of drug-likeness (QED) is 0.830. The Hall–Kier alpha value is -0.820. The summed E-state index contributed by atoms with van der Waals surface area (Å²) in [5.74, 6) is 0. The standard InChI is InChI=1S/C14H20ClN3O2S/c15-10-4-5-11(16)14(9-10)21(19,20)17-12-6-8-18-7-2-1-3-13(12)18/h4-5,9,12-13,17H,1-3,6-8,16H2. The molecule has 2 fully saturated rings. The molecule has 21 heavy (non-hydrogen) atoms. The number of hydrogen-bond donors (Lipinski definition) is 2. The molecule has 1 aromatic carbocycles. The van der Waals surface area contributed by atoms with Crippen LogP contribution in [0.2, 0.25) is 5.02 Å². The molecule has 2 saturated heterocycles. The lowest BCUT2D eigenvalue weighted by molar-refractivity contribution is 0.186. The number of nitrogen functional groups attached to an aromatic ring is 1. The maximum Gasteiger partial charge on any atom is 0.242 e. The number of piperidine rings is 1. The van der Waals surface area contributed by atoms with E-state index in [2.05, 4.69) is 9.62 Å². The minimum atomic E-state index is -3.63. The second kappa shape index (κ2) is 5.76. The first-order valence-electron chi connectivity index (χ1n) is 7.29. The van der Waals surface area contributed by atoms with Gasteiger partial charge in [0.15, 0.2) is 0 Å². The minimum absolute atomic E-state index is 0.0336. The van der Waals surface area contributed by atoms with E-state index in [0.29, 0.717) is 11.1 Å². The van der Waals surface area contributed by atoms with E-state index in [-0.39, 0.29) is 16.6 Å². The van der Waals surface area contributed by atoms with Crippen LogP contribution < -0.4 is 10.5 Å². The molecule has 0 saturated carbocycles. The van der Waals surface area contributed by atoms with Crippen LogP contribution in [0.5, 0.6) is 0 Å². The largest absolute Gasteiger partial charge is 0.398 e. The van der Waals surface area contributed by atoms with Gasteiger partial charge >= 0.3 is 0 Å². The Bertz CT molecular complexity index is 635. The summed E-state index contributed by atoms with van der Waals surface area (Å²) in [6.07, 6.45) is 4.28. The highest BCUT2D eigenvalue weighted by Gasteiger charge is 2.38. The molecule has 0 spiro atoms. The Labute approximate surface area is 130 Å². The Morgan fingerprint density at radius 1 is 1.24 bits per heavy atom. The zero-order valence-electron chi connectivity index (χ0n) is 11.8. The van der Waals surface area contributed by atoms with Gasteiger partial charge in [0, 0.05) is 23.7 Å². The van der Waals surface area contributed by atoms with Crippen molar-refractivity contribution in [3.05, 3.63) is 23.2 Å². The number of nitrogens with zero attached hydrogens (tertiary/aromatic N) is 1. The highest BCUT2D eigenvalue weighted by molar-refractivity contribution is 7.89. The molecule has 3 rings (SSSR count). The highest BCUT2D eigenvalue weighted by Crippen LogP contribution is 2.29. The molecule has 2 aliphatic heterocycles. The molecule has 0 radical (unpaired) electrons. The van der Waals surface area contributed by atoms with Crippen molar-refractivity contribution in [2.24, 2.45) is 0 Å². The van der Waals surface area contributed by atoms with Gasteiger partial charge in [-0.2, -0.15) is 0 Å². The smallest absolute Gasteiger partial charge is 0.242 e. The Morgan fingerprint density at radius 2 is 2.05 bits per heavy atom. The number of fused-ring (bicyclic) bond motifs is 1. The summed E-state index contributed by atoms with van der Waals surface area (Å²) in [6, 6.07) is 4.81. The third-order valence-electron chi connectivity index (χ3n) is 4.43. The lowest BCUT2D eigenvalue weighted by Gasteiger charge is -2.32. The fourth-order valence-corrected chi connectivity index (χ4v) is 5.09. The van der Waals surface area contributed by atoms with E-state index < -0.39 is 10.0 Å². The molecule has 0 amide bonds. The normalized spacial score (nSPS) is 26.7. The van der Waals surface area contributed by atoms with Crippen LogP contribution in [0.15, 0.2) is 23.1 Å². The number of rotatable bonds is 3. The van der Waals surface area contributed by atoms with Crippen molar-refractivity contribution in [1.82, 2.24) is 9.62 Å². The van der Waals surface area contributed by atoms with Crippen LogP contribution >= 0.6 is 11.6 Å². The number of sulfonamides is 1. The minimum Gasteiger partial charge on any atom is -0.398 e. The molecule has 116 valence electrons. The van der Waals surface area contributed by atoms with E-state index >= 15 is 0 Å². The molecule has 3 N–H and O–H groups in total. The van der Waals surface area contributed by atoms with Gasteiger partial charge in [0.1, 0.15) is 4.90 Å². The van der Waals surface area contributed by atoms with Crippen LogP contribution in [0.3, 0.4) is 0 Å². The predicted octanol–water partition coefficient (Wildman–Crippen LogP) is 1.83. The summed E-state index contributed by atoms with van der Waals surface area (Å²) in [5.41, 5.74) is 6.02. The number of anilines is 1. The SMILES string of the molecule is Nc1ccc(Cl)cc1S(=O)(=O)NC1CCN2CCCCC12. The summed E-state index contributed by atoms with van der Waals surface area (Å²) in [7, 11) is -3.63. The molecule has 1 aromatic rings. The number of benzene rings is 1. The van der Waals surface area contributed by atoms with E-state index in [4.69, 9.17) is 17.3 Å². The molecule has 2 heterocycles. The molecule has 0 aliphatic carbocycles. The van der Waals surface area contributed by atoms with Gasteiger partial charge in [0.2, 0.25) is 10.0 Å². The zero-order chi connectivity index (χ0) is 15.0. The summed E-state index contributed by atoms with van der Waals surface area (Å²) < 4.78 is 28.0. The van der Waals surface area contributed by atoms with E-state index in [1.54, 1.807) is 6.07 Å². The average molecular weight is 330 g/mol. The van der Waals surface area contributed by atoms with Crippen molar-refractivity contribution in [3.8, 4) is 0 Å². The van der Waals surface area contributed by atoms with Crippen molar-refractivity contribution >= 4 is 27.3 Å². The summed E-state index contributed by atoms with van der Waals surface area (Å²) in [5, 5.41) is 0.371. The van der Waals surface area contributed by atoms with Crippen molar-refractivity contribution in [1.29, 1.82) is 0 Å². The van der Waals surface area contributed by atoms with Crippen LogP contribution in [0, 0.1) is 0 Å². The summed E-state index contributed by atoms with van der Waals surface area (Å²) in [6.45, 7) is 2.03.